The van der Waals surface area contributed by atoms with Crippen LogP contribution in [0.3, 0.4) is 0 Å². The van der Waals surface area contributed by atoms with Crippen molar-refractivity contribution in [1.82, 2.24) is 9.88 Å². The Morgan fingerprint density at radius 2 is 1.95 bits per heavy atom. The predicted octanol–water partition coefficient (Wildman–Crippen LogP) is 2.02. The van der Waals surface area contributed by atoms with E-state index in [1.165, 1.54) is 5.56 Å². The van der Waals surface area contributed by atoms with Crippen molar-refractivity contribution >= 4 is 17.3 Å². The molecule has 0 aliphatic heterocycles. The van der Waals surface area contributed by atoms with E-state index >= 15 is 0 Å². The van der Waals surface area contributed by atoms with Crippen molar-refractivity contribution in [2.75, 3.05) is 31.7 Å². The number of hydrogen-bond donors (Lipinski definition) is 2. The van der Waals surface area contributed by atoms with Gasteiger partial charge in [-0.15, -0.1) is 0 Å². The molecule has 0 aliphatic carbocycles. The Kier molecular flexibility index (Phi) is 4.77. The van der Waals surface area contributed by atoms with Crippen LogP contribution in [-0.4, -0.2) is 36.4 Å². The largest absolute Gasteiger partial charge is 0.397 e. The Labute approximate surface area is 124 Å². The standard InChI is InChI=1S/C16H20N4O/c1-20(2)16(21)13-3-4-14(17)15(11-13)19-10-7-12-5-8-18-9-6-12/h3-6,8-9,11,19H,7,10,17H2,1-2H3. The molecule has 0 fully saturated rings. The van der Waals surface area contributed by atoms with Crippen LogP contribution in [0.5, 0.6) is 0 Å². The molecule has 5 nitrogen and oxygen atoms in total. The van der Waals surface area contributed by atoms with E-state index in [0.717, 1.165) is 18.7 Å². The van der Waals surface area contributed by atoms with Crippen LogP contribution in [0, 0.1) is 0 Å². The second-order valence-corrected chi connectivity index (χ2v) is 5.03. The fourth-order valence-corrected chi connectivity index (χ4v) is 1.99. The molecule has 1 aromatic carbocycles. The number of anilines is 2. The first-order valence-electron chi connectivity index (χ1n) is 6.82. The number of carbonyl (C=O) groups is 1. The van der Waals surface area contributed by atoms with E-state index < -0.39 is 0 Å². The summed E-state index contributed by atoms with van der Waals surface area (Å²) < 4.78 is 0. The van der Waals surface area contributed by atoms with Gasteiger partial charge in [-0.3, -0.25) is 9.78 Å². The molecule has 0 aliphatic rings. The molecular weight excluding hydrogens is 264 g/mol. The van der Waals surface area contributed by atoms with E-state index in [-0.39, 0.29) is 5.91 Å². The fourth-order valence-electron chi connectivity index (χ4n) is 1.99. The van der Waals surface area contributed by atoms with E-state index in [4.69, 9.17) is 5.73 Å². The number of nitrogens with two attached hydrogens (primary N) is 1. The number of amides is 1. The zero-order valence-electron chi connectivity index (χ0n) is 12.3. The van der Waals surface area contributed by atoms with Crippen LogP contribution >= 0.6 is 0 Å². The van der Waals surface area contributed by atoms with Crippen LogP contribution in [0.4, 0.5) is 11.4 Å². The van der Waals surface area contributed by atoms with Crippen LogP contribution in [0.2, 0.25) is 0 Å². The minimum absolute atomic E-state index is 0.0350. The van der Waals surface area contributed by atoms with E-state index in [9.17, 15) is 4.79 Å². The average molecular weight is 284 g/mol. The van der Waals surface area contributed by atoms with Crippen LogP contribution in [-0.2, 0) is 6.42 Å². The van der Waals surface area contributed by atoms with Crippen LogP contribution in [0.25, 0.3) is 0 Å². The van der Waals surface area contributed by atoms with Gasteiger partial charge >= 0.3 is 0 Å². The van der Waals surface area contributed by atoms with E-state index in [1.54, 1.807) is 49.6 Å². The van der Waals surface area contributed by atoms with Crippen molar-refractivity contribution in [1.29, 1.82) is 0 Å². The first-order valence-corrected chi connectivity index (χ1v) is 6.82. The molecule has 0 unspecified atom stereocenters. The second-order valence-electron chi connectivity index (χ2n) is 5.03. The summed E-state index contributed by atoms with van der Waals surface area (Å²) in [5.74, 6) is -0.0350. The van der Waals surface area contributed by atoms with Gasteiger partial charge in [-0.2, -0.15) is 0 Å². The number of hydrogen-bond acceptors (Lipinski definition) is 4. The Morgan fingerprint density at radius 1 is 1.24 bits per heavy atom. The van der Waals surface area contributed by atoms with Gasteiger partial charge in [-0.25, -0.2) is 0 Å². The van der Waals surface area contributed by atoms with Crippen LogP contribution < -0.4 is 11.1 Å². The topological polar surface area (TPSA) is 71.2 Å². The van der Waals surface area contributed by atoms with Gasteiger partial charge in [0.2, 0.25) is 0 Å². The molecular formula is C16H20N4O. The summed E-state index contributed by atoms with van der Waals surface area (Å²) in [6.07, 6.45) is 4.42. The Bertz CT molecular complexity index is 611. The molecule has 0 saturated heterocycles. The summed E-state index contributed by atoms with van der Waals surface area (Å²) in [4.78, 5) is 17.5. The van der Waals surface area contributed by atoms with Crippen molar-refractivity contribution in [2.45, 2.75) is 6.42 Å². The number of nitrogens with one attached hydrogen (secondary N) is 1. The van der Waals surface area contributed by atoms with Crippen LogP contribution in [0.1, 0.15) is 15.9 Å². The van der Waals surface area contributed by atoms with Crippen molar-refractivity contribution in [3.05, 3.63) is 53.9 Å². The molecule has 21 heavy (non-hydrogen) atoms. The summed E-state index contributed by atoms with van der Waals surface area (Å²) in [5.41, 5.74) is 9.21. The monoisotopic (exact) mass is 284 g/mol. The lowest BCUT2D eigenvalue weighted by Crippen LogP contribution is -2.22. The molecule has 3 N–H and O–H groups in total. The minimum atomic E-state index is -0.0350. The third-order valence-electron chi connectivity index (χ3n) is 3.18. The Balaban J connectivity index is 2.02. The SMILES string of the molecule is CN(C)C(=O)c1ccc(N)c(NCCc2ccncc2)c1. The molecule has 2 rings (SSSR count). The second kappa shape index (κ2) is 6.74. The first-order chi connectivity index (χ1) is 10.1. The highest BCUT2D eigenvalue weighted by Gasteiger charge is 2.10. The van der Waals surface area contributed by atoms with Gasteiger partial charge < -0.3 is 16.0 Å². The maximum absolute atomic E-state index is 12.0. The molecule has 1 aromatic heterocycles. The Hall–Kier alpha value is -2.56. The molecule has 110 valence electrons. The third-order valence-corrected chi connectivity index (χ3v) is 3.18. The zero-order valence-corrected chi connectivity index (χ0v) is 12.3. The number of pyridine rings is 1. The van der Waals surface area contributed by atoms with Gasteiger partial charge in [0, 0.05) is 38.6 Å². The predicted molar refractivity (Wildman–Crippen MR) is 85.3 cm³/mol. The Morgan fingerprint density at radius 3 is 2.62 bits per heavy atom. The lowest BCUT2D eigenvalue weighted by atomic mass is 10.1. The number of benzene rings is 1. The summed E-state index contributed by atoms with van der Waals surface area (Å²) >= 11 is 0. The molecule has 0 atom stereocenters. The van der Waals surface area contributed by atoms with E-state index in [2.05, 4.69) is 10.3 Å². The number of nitrogen functional groups attached to an aromatic ring is 1. The molecule has 0 radical (unpaired) electrons. The maximum atomic E-state index is 12.0. The lowest BCUT2D eigenvalue weighted by Gasteiger charge is -2.14. The third kappa shape index (κ3) is 3.95. The number of aromatic nitrogens is 1. The summed E-state index contributed by atoms with van der Waals surface area (Å²) in [5, 5.41) is 3.28. The van der Waals surface area contributed by atoms with E-state index in [0.29, 0.717) is 11.3 Å². The number of rotatable bonds is 5. The zero-order chi connectivity index (χ0) is 15.2. The highest BCUT2D eigenvalue weighted by molar-refractivity contribution is 5.95. The van der Waals surface area contributed by atoms with E-state index in [1.807, 2.05) is 12.1 Å². The van der Waals surface area contributed by atoms with Crippen molar-refractivity contribution in [3.8, 4) is 0 Å². The molecule has 5 heteroatoms. The molecule has 1 amide bonds. The molecule has 0 spiro atoms. The molecule has 1 heterocycles. The normalized spacial score (nSPS) is 10.2. The summed E-state index contributed by atoms with van der Waals surface area (Å²) in [6, 6.07) is 9.26. The maximum Gasteiger partial charge on any atom is 0.253 e. The molecule has 2 aromatic rings. The van der Waals surface area contributed by atoms with Gasteiger partial charge in [0.05, 0.1) is 11.4 Å². The van der Waals surface area contributed by atoms with Gasteiger partial charge in [0.1, 0.15) is 0 Å². The lowest BCUT2D eigenvalue weighted by molar-refractivity contribution is 0.0827. The van der Waals surface area contributed by atoms with Crippen molar-refractivity contribution < 1.29 is 4.79 Å². The van der Waals surface area contributed by atoms with Crippen molar-refractivity contribution in [2.24, 2.45) is 0 Å². The van der Waals surface area contributed by atoms with Crippen molar-refractivity contribution in [3.63, 3.8) is 0 Å². The average Bonchev–Trinajstić information content (AvgIpc) is 2.49. The van der Waals surface area contributed by atoms with Crippen LogP contribution in [0.15, 0.2) is 42.7 Å². The molecule has 0 saturated carbocycles. The minimum Gasteiger partial charge on any atom is -0.397 e. The quantitative estimate of drug-likeness (QED) is 0.824. The van der Waals surface area contributed by atoms with Gasteiger partial charge in [-0.1, -0.05) is 0 Å². The van der Waals surface area contributed by atoms with Gasteiger partial charge in [-0.05, 0) is 42.3 Å². The molecule has 0 bridgehead atoms. The number of carbonyl (C=O) groups excluding carboxylic acids is 1. The highest BCUT2D eigenvalue weighted by Crippen LogP contribution is 2.20. The highest BCUT2D eigenvalue weighted by atomic mass is 16.2. The summed E-state index contributed by atoms with van der Waals surface area (Å²) in [7, 11) is 3.46. The summed E-state index contributed by atoms with van der Waals surface area (Å²) in [6.45, 7) is 0.744. The smallest absolute Gasteiger partial charge is 0.253 e. The first kappa shape index (κ1) is 14.8. The number of nitrogens with zero attached hydrogens (tertiary/aromatic N) is 2. The van der Waals surface area contributed by atoms with Gasteiger partial charge in [0.25, 0.3) is 5.91 Å². The fraction of sp³-hybridized carbons (Fsp3) is 0.250. The van der Waals surface area contributed by atoms with Gasteiger partial charge in [0.15, 0.2) is 0 Å².